The van der Waals surface area contributed by atoms with Crippen LogP contribution >= 0.6 is 0 Å². The van der Waals surface area contributed by atoms with Gasteiger partial charge in [0.25, 0.3) is 5.91 Å². The fourth-order valence-corrected chi connectivity index (χ4v) is 6.74. The quantitative estimate of drug-likeness (QED) is 0.221. The number of carbonyl (C=O) groups is 3. The Kier molecular flexibility index (Phi) is 7.06. The van der Waals surface area contributed by atoms with Gasteiger partial charge in [-0.2, -0.15) is 0 Å². The molecule has 2 aromatic rings. The van der Waals surface area contributed by atoms with Crippen molar-refractivity contribution in [1.82, 2.24) is 4.90 Å². The predicted octanol–water partition coefficient (Wildman–Crippen LogP) is 2.11. The van der Waals surface area contributed by atoms with Crippen molar-refractivity contribution in [1.29, 1.82) is 0 Å². The van der Waals surface area contributed by atoms with Gasteiger partial charge >= 0.3 is 0 Å². The molecule has 0 aromatic heterocycles. The molecule has 0 radical (unpaired) electrons. The first-order chi connectivity index (χ1) is 19.7. The molecule has 0 fully saturated rings. The summed E-state index contributed by atoms with van der Waals surface area (Å²) in [6.45, 7) is 2.36. The smallest absolute Gasteiger partial charge is 0.255 e. The zero-order chi connectivity index (χ0) is 30.8. The van der Waals surface area contributed by atoms with E-state index in [1.54, 1.807) is 20.2 Å². The molecule has 0 aliphatic heterocycles. The SMILES string of the molecule is Cc1ccc(CNc2cc(N(C)C)c3c(c2O)C(=O)C2=C(O)[C@]4(O)C(=O)C(C(N)=O)=C(O)[C@@H](N(C)C)[C@@H]4C[C@@H]2C3)cc1. The Labute approximate surface area is 243 Å². The Hall–Kier alpha value is -4.35. The van der Waals surface area contributed by atoms with Crippen LogP contribution in [-0.2, 0) is 22.6 Å². The molecule has 0 saturated heterocycles. The first-order valence-electron chi connectivity index (χ1n) is 13.7. The molecule has 222 valence electrons. The Morgan fingerprint density at radius 3 is 2.31 bits per heavy atom. The topological polar surface area (TPSA) is 177 Å². The molecule has 0 bridgehead atoms. The third-order valence-corrected chi connectivity index (χ3v) is 8.78. The van der Waals surface area contributed by atoms with Crippen molar-refractivity contribution in [3.05, 3.63) is 75.3 Å². The molecule has 3 aliphatic carbocycles. The van der Waals surface area contributed by atoms with Gasteiger partial charge in [0.1, 0.15) is 22.8 Å². The van der Waals surface area contributed by atoms with E-state index in [4.69, 9.17) is 5.73 Å². The number of phenolic OH excluding ortho intramolecular Hbond substituents is 1. The average Bonchev–Trinajstić information content (AvgIpc) is 2.90. The molecule has 0 heterocycles. The van der Waals surface area contributed by atoms with E-state index >= 15 is 0 Å². The molecular weight excluding hydrogens is 540 g/mol. The van der Waals surface area contributed by atoms with E-state index in [1.165, 1.54) is 4.90 Å². The van der Waals surface area contributed by atoms with Gasteiger partial charge in [0.2, 0.25) is 5.78 Å². The van der Waals surface area contributed by atoms with Gasteiger partial charge in [0, 0.05) is 37.8 Å². The van der Waals surface area contributed by atoms with Crippen LogP contribution < -0.4 is 16.0 Å². The number of aryl methyl sites for hydroxylation is 1. The van der Waals surface area contributed by atoms with Gasteiger partial charge in [-0.3, -0.25) is 19.3 Å². The normalized spacial score (nSPS) is 25.3. The maximum Gasteiger partial charge on any atom is 0.255 e. The van der Waals surface area contributed by atoms with Crippen LogP contribution in [0.3, 0.4) is 0 Å². The van der Waals surface area contributed by atoms with E-state index in [0.29, 0.717) is 23.5 Å². The summed E-state index contributed by atoms with van der Waals surface area (Å²) in [7, 11) is 6.83. The number of primary amides is 1. The number of aromatic hydroxyl groups is 1. The van der Waals surface area contributed by atoms with Crippen molar-refractivity contribution in [3.63, 3.8) is 0 Å². The van der Waals surface area contributed by atoms with Crippen LogP contribution in [-0.4, -0.2) is 82.6 Å². The van der Waals surface area contributed by atoms with Crippen molar-refractivity contribution in [2.24, 2.45) is 17.6 Å². The van der Waals surface area contributed by atoms with Crippen LogP contribution in [0.2, 0.25) is 0 Å². The molecule has 42 heavy (non-hydrogen) atoms. The van der Waals surface area contributed by atoms with Crippen molar-refractivity contribution < 1.29 is 34.8 Å². The maximum absolute atomic E-state index is 14.1. The van der Waals surface area contributed by atoms with Gasteiger partial charge in [-0.15, -0.1) is 0 Å². The fraction of sp³-hybridized carbons (Fsp3) is 0.387. The molecule has 4 atom stereocenters. The number of ketones is 2. The lowest BCUT2D eigenvalue weighted by Gasteiger charge is -2.50. The zero-order valence-electron chi connectivity index (χ0n) is 24.2. The number of benzene rings is 2. The van der Waals surface area contributed by atoms with Crippen LogP contribution in [0, 0.1) is 18.8 Å². The maximum atomic E-state index is 14.1. The van der Waals surface area contributed by atoms with Crippen molar-refractivity contribution in [2.75, 3.05) is 38.4 Å². The van der Waals surface area contributed by atoms with E-state index in [9.17, 15) is 34.8 Å². The number of aliphatic hydroxyl groups is 3. The van der Waals surface area contributed by atoms with E-state index in [0.717, 1.165) is 11.1 Å². The summed E-state index contributed by atoms with van der Waals surface area (Å²) in [4.78, 5) is 43.2. The van der Waals surface area contributed by atoms with Gasteiger partial charge in [0.05, 0.1) is 17.3 Å². The number of rotatable bonds is 6. The second kappa shape index (κ2) is 10.2. The lowest BCUT2D eigenvalue weighted by atomic mass is 9.58. The summed E-state index contributed by atoms with van der Waals surface area (Å²) in [5.74, 6) is -6.74. The van der Waals surface area contributed by atoms with Gasteiger partial charge < -0.3 is 36.4 Å². The standard InChI is InChI=1S/C31H36N4O7/c1-14-6-8-15(9-7-14)13-33-19-12-20(34(2)3)17-10-16-11-18-24(35(4)5)27(38)23(30(32)41)29(40)31(18,42)28(39)21(16)26(37)22(17)25(19)36/h6-9,12,16,18,24,33,36,38-39,42H,10-11,13H2,1-5H3,(H2,32,41)/t16-,18-,24-,31-/m0/s1. The minimum absolute atomic E-state index is 0.0339. The second-order valence-electron chi connectivity index (χ2n) is 11.8. The predicted molar refractivity (Wildman–Crippen MR) is 157 cm³/mol. The molecule has 1 amide bonds. The average molecular weight is 577 g/mol. The van der Waals surface area contributed by atoms with Crippen molar-refractivity contribution >= 4 is 28.8 Å². The molecule has 11 nitrogen and oxygen atoms in total. The number of nitrogens with one attached hydrogen (secondary N) is 1. The Balaban J connectivity index is 1.64. The first-order valence-corrected chi connectivity index (χ1v) is 13.7. The number of amides is 1. The van der Waals surface area contributed by atoms with Gasteiger partial charge in [-0.05, 0) is 57.0 Å². The summed E-state index contributed by atoms with van der Waals surface area (Å²) in [5, 5.41) is 48.8. The zero-order valence-corrected chi connectivity index (χ0v) is 24.2. The second-order valence-corrected chi connectivity index (χ2v) is 11.8. The number of Topliss-reactive ketones (excluding diaryl/α,β-unsaturated/α-hetero) is 2. The summed E-state index contributed by atoms with van der Waals surface area (Å²) < 4.78 is 0. The number of nitrogens with two attached hydrogens (primary N) is 1. The number of fused-ring (bicyclic) bond motifs is 3. The first kappa shape index (κ1) is 29.2. The number of hydrogen-bond acceptors (Lipinski definition) is 10. The number of carbonyl (C=O) groups excluding carboxylic acids is 3. The van der Waals surface area contributed by atoms with Crippen molar-refractivity contribution in [3.8, 4) is 5.75 Å². The van der Waals surface area contributed by atoms with E-state index in [-0.39, 0.29) is 29.7 Å². The monoisotopic (exact) mass is 576 g/mol. The van der Waals surface area contributed by atoms with Crippen LogP contribution in [0.15, 0.2) is 53.0 Å². The number of hydrogen-bond donors (Lipinski definition) is 6. The van der Waals surface area contributed by atoms with Crippen LogP contribution in [0.25, 0.3) is 0 Å². The molecule has 0 saturated carbocycles. The molecule has 7 N–H and O–H groups in total. The van der Waals surface area contributed by atoms with E-state index in [1.807, 2.05) is 50.2 Å². The van der Waals surface area contributed by atoms with Gasteiger partial charge in [-0.25, -0.2) is 0 Å². The molecule has 0 unspecified atom stereocenters. The summed E-state index contributed by atoms with van der Waals surface area (Å²) in [5.41, 5.74) is 5.30. The Morgan fingerprint density at radius 2 is 1.74 bits per heavy atom. The number of nitrogens with zero attached hydrogens (tertiary/aromatic N) is 2. The molecule has 3 aliphatic rings. The number of phenols is 1. The third-order valence-electron chi connectivity index (χ3n) is 8.78. The summed E-state index contributed by atoms with van der Waals surface area (Å²) in [6, 6.07) is 8.59. The van der Waals surface area contributed by atoms with Gasteiger partial charge in [-0.1, -0.05) is 29.8 Å². The highest BCUT2D eigenvalue weighted by molar-refractivity contribution is 6.25. The Morgan fingerprint density at radius 1 is 1.10 bits per heavy atom. The molecule has 0 spiro atoms. The van der Waals surface area contributed by atoms with Gasteiger partial charge in [0.15, 0.2) is 11.4 Å². The molecule has 5 rings (SSSR count). The largest absolute Gasteiger partial charge is 0.510 e. The van der Waals surface area contributed by atoms with Crippen LogP contribution in [0.1, 0.15) is 33.5 Å². The fourth-order valence-electron chi connectivity index (χ4n) is 6.74. The minimum Gasteiger partial charge on any atom is -0.510 e. The summed E-state index contributed by atoms with van der Waals surface area (Å²) >= 11 is 0. The Bertz CT molecular complexity index is 1570. The molecule has 2 aromatic carbocycles. The van der Waals surface area contributed by atoms with E-state index < -0.39 is 58.0 Å². The lowest BCUT2D eigenvalue weighted by molar-refractivity contribution is -0.148. The number of anilines is 2. The highest BCUT2D eigenvalue weighted by Crippen LogP contribution is 2.53. The number of aliphatic hydroxyl groups excluding tert-OH is 2. The van der Waals surface area contributed by atoms with Crippen molar-refractivity contribution in [2.45, 2.75) is 38.0 Å². The highest BCUT2D eigenvalue weighted by Gasteiger charge is 2.63. The van der Waals surface area contributed by atoms with Crippen LogP contribution in [0.5, 0.6) is 5.75 Å². The lowest BCUT2D eigenvalue weighted by Crippen LogP contribution is -2.63. The van der Waals surface area contributed by atoms with E-state index in [2.05, 4.69) is 5.32 Å². The number of allylic oxidation sites excluding steroid dienone is 1. The molecule has 11 heteroatoms. The highest BCUT2D eigenvalue weighted by atomic mass is 16.3. The molecular formula is C31H36N4O7. The minimum atomic E-state index is -2.67. The summed E-state index contributed by atoms with van der Waals surface area (Å²) in [6.07, 6.45) is 0.251. The third kappa shape index (κ3) is 4.23. The number of likely N-dealkylation sites (N-methyl/N-ethyl adjacent to an activating group) is 1. The van der Waals surface area contributed by atoms with Crippen LogP contribution in [0.4, 0.5) is 11.4 Å².